The van der Waals surface area contributed by atoms with Crippen molar-refractivity contribution >= 4 is 16.7 Å². The number of alkyl halides is 3. The zero-order valence-electron chi connectivity index (χ0n) is 12.3. The van der Waals surface area contributed by atoms with Gasteiger partial charge in [-0.25, -0.2) is 0 Å². The predicted molar refractivity (Wildman–Crippen MR) is 80.9 cm³/mol. The SMILES string of the molecule is C=CCOc1ccc(C(F)(F)F)cc1C(=O)N1CCS(=O)CC1. The molecular formula is C15H16F3NO3S. The molecule has 0 saturated carbocycles. The highest BCUT2D eigenvalue weighted by molar-refractivity contribution is 7.85. The lowest BCUT2D eigenvalue weighted by molar-refractivity contribution is -0.137. The van der Waals surface area contributed by atoms with E-state index < -0.39 is 28.4 Å². The maximum Gasteiger partial charge on any atom is 0.416 e. The number of amides is 1. The molecule has 2 rings (SSSR count). The first-order valence-corrected chi connectivity index (χ1v) is 8.41. The van der Waals surface area contributed by atoms with Crippen LogP contribution in [0.15, 0.2) is 30.9 Å². The monoisotopic (exact) mass is 347 g/mol. The van der Waals surface area contributed by atoms with Crippen LogP contribution in [-0.2, 0) is 17.0 Å². The van der Waals surface area contributed by atoms with Gasteiger partial charge >= 0.3 is 6.18 Å². The zero-order valence-corrected chi connectivity index (χ0v) is 13.1. The molecule has 0 atom stereocenters. The molecule has 8 heteroatoms. The summed E-state index contributed by atoms with van der Waals surface area (Å²) in [5.41, 5.74) is -1.05. The highest BCUT2D eigenvalue weighted by Crippen LogP contribution is 2.33. The Morgan fingerprint density at radius 3 is 2.57 bits per heavy atom. The first-order chi connectivity index (χ1) is 10.8. The Kier molecular flexibility index (Phi) is 5.46. The van der Waals surface area contributed by atoms with Crippen molar-refractivity contribution in [3.63, 3.8) is 0 Å². The molecule has 1 aliphatic rings. The number of rotatable bonds is 4. The Morgan fingerprint density at radius 1 is 1.35 bits per heavy atom. The lowest BCUT2D eigenvalue weighted by Crippen LogP contribution is -2.42. The normalized spacial score (nSPS) is 16.2. The molecule has 0 aliphatic carbocycles. The molecule has 1 amide bonds. The second-order valence-electron chi connectivity index (χ2n) is 4.95. The van der Waals surface area contributed by atoms with Gasteiger partial charge in [0.25, 0.3) is 5.91 Å². The lowest BCUT2D eigenvalue weighted by atomic mass is 10.1. The molecule has 1 aromatic carbocycles. The number of halogens is 3. The van der Waals surface area contributed by atoms with Gasteiger partial charge < -0.3 is 9.64 Å². The Hall–Kier alpha value is -1.83. The van der Waals surface area contributed by atoms with Gasteiger partial charge in [-0.15, -0.1) is 0 Å². The third kappa shape index (κ3) is 4.34. The standard InChI is InChI=1S/C15H16F3NO3S/c1-2-7-22-13-4-3-11(15(16,17)18)10-12(13)14(20)19-5-8-23(21)9-6-19/h2-4,10H,1,5-9H2. The largest absolute Gasteiger partial charge is 0.489 e. The minimum Gasteiger partial charge on any atom is -0.489 e. The second kappa shape index (κ2) is 7.16. The van der Waals surface area contributed by atoms with E-state index in [0.29, 0.717) is 11.5 Å². The molecule has 0 aromatic heterocycles. The van der Waals surface area contributed by atoms with Crippen molar-refractivity contribution in [1.29, 1.82) is 0 Å². The van der Waals surface area contributed by atoms with E-state index in [2.05, 4.69) is 6.58 Å². The Labute approximate surface area is 134 Å². The summed E-state index contributed by atoms with van der Waals surface area (Å²) < 4.78 is 55.3. The van der Waals surface area contributed by atoms with Crippen LogP contribution in [0.3, 0.4) is 0 Å². The summed E-state index contributed by atoms with van der Waals surface area (Å²) >= 11 is 0. The van der Waals surface area contributed by atoms with Crippen LogP contribution in [0.1, 0.15) is 15.9 Å². The van der Waals surface area contributed by atoms with Gasteiger partial charge in [0, 0.05) is 35.4 Å². The number of ether oxygens (including phenoxy) is 1. The van der Waals surface area contributed by atoms with E-state index in [9.17, 15) is 22.2 Å². The van der Waals surface area contributed by atoms with Crippen molar-refractivity contribution in [2.45, 2.75) is 6.18 Å². The first kappa shape index (κ1) is 17.5. The van der Waals surface area contributed by atoms with E-state index >= 15 is 0 Å². The molecule has 1 heterocycles. The summed E-state index contributed by atoms with van der Waals surface area (Å²) in [5.74, 6) is 0.183. The smallest absolute Gasteiger partial charge is 0.416 e. The molecule has 1 fully saturated rings. The van der Waals surface area contributed by atoms with Gasteiger partial charge in [0.15, 0.2) is 0 Å². The molecule has 1 aliphatic heterocycles. The number of hydrogen-bond acceptors (Lipinski definition) is 3. The van der Waals surface area contributed by atoms with Gasteiger partial charge in [-0.1, -0.05) is 12.7 Å². The molecule has 126 valence electrons. The van der Waals surface area contributed by atoms with Crippen molar-refractivity contribution in [2.24, 2.45) is 0 Å². The molecule has 0 unspecified atom stereocenters. The summed E-state index contributed by atoms with van der Waals surface area (Å²) in [6.45, 7) is 4.06. The van der Waals surface area contributed by atoms with Crippen molar-refractivity contribution in [3.8, 4) is 5.75 Å². The Balaban J connectivity index is 2.33. The molecular weight excluding hydrogens is 331 g/mol. The average Bonchev–Trinajstić information content (AvgIpc) is 2.52. The first-order valence-electron chi connectivity index (χ1n) is 6.92. The number of benzene rings is 1. The van der Waals surface area contributed by atoms with Crippen LogP contribution in [0.25, 0.3) is 0 Å². The van der Waals surface area contributed by atoms with Crippen LogP contribution in [0, 0.1) is 0 Å². The zero-order chi connectivity index (χ0) is 17.0. The van der Waals surface area contributed by atoms with Crippen LogP contribution in [0.2, 0.25) is 0 Å². The highest BCUT2D eigenvalue weighted by atomic mass is 32.2. The highest BCUT2D eigenvalue weighted by Gasteiger charge is 2.33. The van der Waals surface area contributed by atoms with Crippen LogP contribution >= 0.6 is 0 Å². The maximum atomic E-state index is 12.9. The number of carbonyl (C=O) groups is 1. The molecule has 4 nitrogen and oxygen atoms in total. The lowest BCUT2D eigenvalue weighted by Gasteiger charge is -2.27. The van der Waals surface area contributed by atoms with E-state index in [1.807, 2.05) is 0 Å². The fraction of sp³-hybridized carbons (Fsp3) is 0.400. The summed E-state index contributed by atoms with van der Waals surface area (Å²) in [6.07, 6.45) is -3.11. The van der Waals surface area contributed by atoms with Crippen molar-refractivity contribution in [1.82, 2.24) is 4.90 Å². The Bertz CT molecular complexity index is 621. The fourth-order valence-electron chi connectivity index (χ4n) is 2.16. The molecule has 1 aromatic rings. The van der Waals surface area contributed by atoms with E-state index in [4.69, 9.17) is 4.74 Å². The van der Waals surface area contributed by atoms with Gasteiger partial charge in [-0.05, 0) is 18.2 Å². The average molecular weight is 347 g/mol. The summed E-state index contributed by atoms with van der Waals surface area (Å²) in [6, 6.07) is 2.81. The Morgan fingerprint density at radius 2 is 2.00 bits per heavy atom. The van der Waals surface area contributed by atoms with Crippen LogP contribution < -0.4 is 4.74 Å². The number of nitrogens with zero attached hydrogens (tertiary/aromatic N) is 1. The summed E-state index contributed by atoms with van der Waals surface area (Å²) in [4.78, 5) is 13.9. The fourth-order valence-corrected chi connectivity index (χ4v) is 3.21. The van der Waals surface area contributed by atoms with Gasteiger partial charge in [0.05, 0.1) is 11.1 Å². The van der Waals surface area contributed by atoms with E-state index in [-0.39, 0.29) is 31.0 Å². The third-order valence-electron chi connectivity index (χ3n) is 3.36. The van der Waals surface area contributed by atoms with Gasteiger partial charge in [-0.3, -0.25) is 9.00 Å². The quantitative estimate of drug-likeness (QED) is 0.786. The molecule has 23 heavy (non-hydrogen) atoms. The number of carbonyl (C=O) groups excluding carboxylic acids is 1. The van der Waals surface area contributed by atoms with Crippen molar-refractivity contribution < 1.29 is 26.9 Å². The summed E-state index contributed by atoms with van der Waals surface area (Å²) in [5, 5.41) is 0. The topological polar surface area (TPSA) is 46.6 Å². The molecule has 0 spiro atoms. The van der Waals surface area contributed by atoms with Crippen molar-refractivity contribution in [3.05, 3.63) is 42.0 Å². The van der Waals surface area contributed by atoms with E-state index in [1.54, 1.807) is 0 Å². The van der Waals surface area contributed by atoms with Crippen LogP contribution in [-0.4, -0.2) is 46.2 Å². The molecule has 0 bridgehead atoms. The van der Waals surface area contributed by atoms with E-state index in [0.717, 1.165) is 18.2 Å². The molecule has 0 N–H and O–H groups in total. The predicted octanol–water partition coefficient (Wildman–Crippen LogP) is 2.47. The second-order valence-corrected chi connectivity index (χ2v) is 6.64. The van der Waals surface area contributed by atoms with Crippen LogP contribution in [0.4, 0.5) is 13.2 Å². The van der Waals surface area contributed by atoms with E-state index in [1.165, 1.54) is 11.0 Å². The van der Waals surface area contributed by atoms with Gasteiger partial charge in [-0.2, -0.15) is 13.2 Å². The third-order valence-corrected chi connectivity index (χ3v) is 4.63. The van der Waals surface area contributed by atoms with Gasteiger partial charge in [0.2, 0.25) is 0 Å². The molecule has 0 radical (unpaired) electrons. The minimum atomic E-state index is -4.55. The maximum absolute atomic E-state index is 12.9. The number of hydrogen-bond donors (Lipinski definition) is 0. The van der Waals surface area contributed by atoms with Gasteiger partial charge in [0.1, 0.15) is 12.4 Å². The molecule has 1 saturated heterocycles. The van der Waals surface area contributed by atoms with Crippen molar-refractivity contribution in [2.75, 3.05) is 31.2 Å². The summed E-state index contributed by atoms with van der Waals surface area (Å²) in [7, 11) is -0.981. The minimum absolute atomic E-state index is 0.0783. The van der Waals surface area contributed by atoms with Crippen LogP contribution in [0.5, 0.6) is 5.75 Å².